The summed E-state index contributed by atoms with van der Waals surface area (Å²) in [5, 5.41) is 0. The second-order valence-electron chi connectivity index (χ2n) is 5.68. The van der Waals surface area contributed by atoms with Crippen LogP contribution in [0.2, 0.25) is 0 Å². The SMILES string of the molecule is CCCC(C(=O)n1c(C(C)=O)nc2ccccc21)N(CC)CC. The Morgan fingerprint density at radius 3 is 2.39 bits per heavy atom. The van der Waals surface area contributed by atoms with Gasteiger partial charge in [0, 0.05) is 6.92 Å². The Kier molecular flexibility index (Phi) is 5.66. The topological polar surface area (TPSA) is 55.2 Å². The molecule has 0 radical (unpaired) electrons. The standard InChI is InChI=1S/C18H25N3O2/c1-5-10-16(20(6-2)7-3)18(23)21-15-12-9-8-11-14(15)19-17(21)13(4)22/h8-9,11-12,16H,5-7,10H2,1-4H3. The summed E-state index contributed by atoms with van der Waals surface area (Å²) in [5.74, 6) is -0.0248. The molecule has 23 heavy (non-hydrogen) atoms. The molecule has 0 saturated heterocycles. The molecule has 5 nitrogen and oxygen atoms in total. The van der Waals surface area contributed by atoms with Gasteiger partial charge in [0.2, 0.25) is 5.91 Å². The zero-order valence-electron chi connectivity index (χ0n) is 14.4. The number of imidazole rings is 1. The zero-order valence-corrected chi connectivity index (χ0v) is 14.4. The molecular formula is C18H25N3O2. The molecule has 2 aromatic rings. The average molecular weight is 315 g/mol. The van der Waals surface area contributed by atoms with Gasteiger partial charge in [-0.1, -0.05) is 39.3 Å². The van der Waals surface area contributed by atoms with E-state index in [1.54, 1.807) is 0 Å². The van der Waals surface area contributed by atoms with Gasteiger partial charge in [0.15, 0.2) is 11.6 Å². The molecule has 1 aromatic heterocycles. The lowest BCUT2D eigenvalue weighted by atomic mass is 10.1. The van der Waals surface area contributed by atoms with E-state index in [2.05, 4.69) is 30.7 Å². The number of aromatic nitrogens is 2. The van der Waals surface area contributed by atoms with Crippen LogP contribution < -0.4 is 0 Å². The fourth-order valence-electron chi connectivity index (χ4n) is 3.03. The molecule has 0 saturated carbocycles. The minimum atomic E-state index is -0.231. The fourth-order valence-corrected chi connectivity index (χ4v) is 3.03. The van der Waals surface area contributed by atoms with Gasteiger partial charge in [-0.25, -0.2) is 4.98 Å². The van der Waals surface area contributed by atoms with Crippen LogP contribution in [-0.4, -0.2) is 45.3 Å². The molecule has 124 valence electrons. The predicted molar refractivity (Wildman–Crippen MR) is 92.0 cm³/mol. The van der Waals surface area contributed by atoms with E-state index in [1.807, 2.05) is 24.3 Å². The number of Topliss-reactive ketones (excluding diaryl/α,β-unsaturated/α-hetero) is 1. The highest BCUT2D eigenvalue weighted by atomic mass is 16.2. The van der Waals surface area contributed by atoms with E-state index in [4.69, 9.17) is 0 Å². The first-order valence-corrected chi connectivity index (χ1v) is 8.31. The van der Waals surface area contributed by atoms with Gasteiger partial charge in [-0.15, -0.1) is 0 Å². The quantitative estimate of drug-likeness (QED) is 0.735. The maximum Gasteiger partial charge on any atom is 0.250 e. The Bertz CT molecular complexity index is 701. The molecule has 1 aromatic carbocycles. The first-order chi connectivity index (χ1) is 11.0. The highest BCUT2D eigenvalue weighted by Gasteiger charge is 2.28. The van der Waals surface area contributed by atoms with Crippen molar-refractivity contribution >= 4 is 22.7 Å². The second kappa shape index (κ2) is 7.51. The van der Waals surface area contributed by atoms with Crippen molar-refractivity contribution in [3.8, 4) is 0 Å². The summed E-state index contributed by atoms with van der Waals surface area (Å²) >= 11 is 0. The molecule has 0 bridgehead atoms. The lowest BCUT2D eigenvalue weighted by molar-refractivity contribution is 0.0723. The minimum Gasteiger partial charge on any atom is -0.293 e. The number of fused-ring (bicyclic) bond motifs is 1. The summed E-state index contributed by atoms with van der Waals surface area (Å²) in [6, 6.07) is 7.17. The smallest absolute Gasteiger partial charge is 0.250 e. The van der Waals surface area contributed by atoms with Crippen molar-refractivity contribution in [1.29, 1.82) is 0 Å². The van der Waals surface area contributed by atoms with Gasteiger partial charge in [-0.2, -0.15) is 0 Å². The largest absolute Gasteiger partial charge is 0.293 e. The number of rotatable bonds is 7. The van der Waals surface area contributed by atoms with E-state index >= 15 is 0 Å². The van der Waals surface area contributed by atoms with Gasteiger partial charge in [-0.3, -0.25) is 19.1 Å². The molecule has 0 aliphatic heterocycles. The molecule has 0 aliphatic rings. The van der Waals surface area contributed by atoms with Crippen LogP contribution in [0.5, 0.6) is 0 Å². The van der Waals surface area contributed by atoms with Gasteiger partial charge in [0.25, 0.3) is 0 Å². The molecule has 5 heteroatoms. The van der Waals surface area contributed by atoms with E-state index in [1.165, 1.54) is 11.5 Å². The fraction of sp³-hybridized carbons (Fsp3) is 0.500. The number of likely N-dealkylation sites (N-methyl/N-ethyl adjacent to an activating group) is 1. The summed E-state index contributed by atoms with van der Waals surface area (Å²) in [6.07, 6.45) is 1.68. The molecule has 1 heterocycles. The van der Waals surface area contributed by atoms with Crippen molar-refractivity contribution in [1.82, 2.24) is 14.5 Å². The van der Waals surface area contributed by atoms with E-state index in [0.29, 0.717) is 11.0 Å². The Morgan fingerprint density at radius 2 is 1.83 bits per heavy atom. The Balaban J connectivity index is 2.57. The van der Waals surface area contributed by atoms with Crippen molar-refractivity contribution in [3.63, 3.8) is 0 Å². The Hall–Kier alpha value is -2.01. The predicted octanol–water partition coefficient (Wildman–Crippen LogP) is 3.39. The molecule has 0 N–H and O–H groups in total. The van der Waals surface area contributed by atoms with Crippen LogP contribution >= 0.6 is 0 Å². The Labute approximate surface area is 137 Å². The van der Waals surface area contributed by atoms with E-state index < -0.39 is 0 Å². The van der Waals surface area contributed by atoms with E-state index in [0.717, 1.165) is 25.9 Å². The van der Waals surface area contributed by atoms with Crippen LogP contribution in [0.1, 0.15) is 56.0 Å². The lowest BCUT2D eigenvalue weighted by Gasteiger charge is -2.28. The van der Waals surface area contributed by atoms with Crippen molar-refractivity contribution in [2.45, 2.75) is 46.6 Å². The number of carbonyl (C=O) groups excluding carboxylic acids is 2. The number of carbonyl (C=O) groups is 2. The minimum absolute atomic E-state index is 0.0607. The normalized spacial score (nSPS) is 12.7. The maximum absolute atomic E-state index is 13.2. The number of ketones is 1. The lowest BCUT2D eigenvalue weighted by Crippen LogP contribution is -2.44. The van der Waals surface area contributed by atoms with Crippen molar-refractivity contribution < 1.29 is 9.59 Å². The summed E-state index contributed by atoms with van der Waals surface area (Å²) in [6.45, 7) is 9.23. The highest BCUT2D eigenvalue weighted by Crippen LogP contribution is 2.20. The summed E-state index contributed by atoms with van der Waals surface area (Å²) in [5.41, 5.74) is 1.39. The van der Waals surface area contributed by atoms with Crippen molar-refractivity contribution in [3.05, 3.63) is 30.1 Å². The highest BCUT2D eigenvalue weighted by molar-refractivity contribution is 6.02. The third-order valence-electron chi connectivity index (χ3n) is 4.20. The molecule has 1 atom stereocenters. The molecule has 0 amide bonds. The van der Waals surface area contributed by atoms with Crippen LogP contribution in [0.3, 0.4) is 0 Å². The van der Waals surface area contributed by atoms with Crippen LogP contribution in [0, 0.1) is 0 Å². The molecular weight excluding hydrogens is 290 g/mol. The summed E-state index contributed by atoms with van der Waals surface area (Å²) in [4.78, 5) is 31.7. The van der Waals surface area contributed by atoms with Crippen molar-refractivity contribution in [2.24, 2.45) is 0 Å². The van der Waals surface area contributed by atoms with Crippen LogP contribution in [0.15, 0.2) is 24.3 Å². The molecule has 0 fully saturated rings. The summed E-state index contributed by atoms with van der Waals surface area (Å²) in [7, 11) is 0. The van der Waals surface area contributed by atoms with Crippen LogP contribution in [0.4, 0.5) is 0 Å². The Morgan fingerprint density at radius 1 is 1.17 bits per heavy atom. The average Bonchev–Trinajstić information content (AvgIpc) is 2.94. The van der Waals surface area contributed by atoms with Gasteiger partial charge in [0.05, 0.1) is 17.1 Å². The maximum atomic E-state index is 13.2. The van der Waals surface area contributed by atoms with Crippen LogP contribution in [-0.2, 0) is 0 Å². The van der Waals surface area contributed by atoms with Gasteiger partial charge in [-0.05, 0) is 31.6 Å². The van der Waals surface area contributed by atoms with Gasteiger partial charge >= 0.3 is 0 Å². The third kappa shape index (κ3) is 3.34. The molecule has 0 aliphatic carbocycles. The number of hydrogen-bond donors (Lipinski definition) is 0. The van der Waals surface area contributed by atoms with Crippen molar-refractivity contribution in [2.75, 3.05) is 13.1 Å². The van der Waals surface area contributed by atoms with E-state index in [-0.39, 0.29) is 23.6 Å². The van der Waals surface area contributed by atoms with Crippen LogP contribution in [0.25, 0.3) is 11.0 Å². The first kappa shape index (κ1) is 17.3. The molecule has 1 unspecified atom stereocenters. The van der Waals surface area contributed by atoms with Gasteiger partial charge < -0.3 is 0 Å². The number of para-hydroxylation sites is 2. The number of benzene rings is 1. The zero-order chi connectivity index (χ0) is 17.0. The van der Waals surface area contributed by atoms with E-state index in [9.17, 15) is 9.59 Å². The first-order valence-electron chi connectivity index (χ1n) is 8.31. The molecule has 0 spiro atoms. The second-order valence-corrected chi connectivity index (χ2v) is 5.68. The third-order valence-corrected chi connectivity index (χ3v) is 4.20. The summed E-state index contributed by atoms with van der Waals surface area (Å²) < 4.78 is 1.51. The number of nitrogens with zero attached hydrogens (tertiary/aromatic N) is 3. The monoisotopic (exact) mass is 315 g/mol. The molecule has 2 rings (SSSR count). The number of hydrogen-bond acceptors (Lipinski definition) is 4. The van der Waals surface area contributed by atoms with Gasteiger partial charge in [0.1, 0.15) is 0 Å².